The van der Waals surface area contributed by atoms with Crippen molar-refractivity contribution in [1.29, 1.82) is 0 Å². The van der Waals surface area contributed by atoms with E-state index >= 15 is 0 Å². The minimum atomic E-state index is -0.221. The average molecular weight is 386 g/mol. The first-order chi connectivity index (χ1) is 13.7. The number of carbonyl (C=O) groups is 2. The summed E-state index contributed by atoms with van der Waals surface area (Å²) in [5, 5.41) is 5.78. The van der Waals surface area contributed by atoms with Gasteiger partial charge in [0.25, 0.3) is 11.8 Å². The lowest BCUT2D eigenvalue weighted by atomic mass is 9.87. The molecule has 0 heterocycles. The first kappa shape index (κ1) is 20.3. The van der Waals surface area contributed by atoms with Gasteiger partial charge >= 0.3 is 0 Å². The summed E-state index contributed by atoms with van der Waals surface area (Å²) in [4.78, 5) is 25.2. The smallest absolute Gasteiger partial charge is 0.255 e. The molecule has 2 N–H and O–H groups in total. The molecule has 0 fully saturated rings. The van der Waals surface area contributed by atoms with Crippen LogP contribution in [0, 0.1) is 6.92 Å². The number of carbonyl (C=O) groups excluding carboxylic acids is 2. The van der Waals surface area contributed by atoms with Gasteiger partial charge in [-0.25, -0.2) is 0 Å². The molecule has 4 nitrogen and oxygen atoms in total. The van der Waals surface area contributed by atoms with E-state index in [4.69, 9.17) is 0 Å². The number of nitrogens with one attached hydrogen (secondary N) is 2. The van der Waals surface area contributed by atoms with Crippen LogP contribution in [0.4, 0.5) is 11.4 Å². The second-order valence-corrected chi connectivity index (χ2v) is 8.15. The largest absolute Gasteiger partial charge is 0.320 e. The number of rotatable bonds is 4. The molecule has 0 aliphatic rings. The Kier molecular flexibility index (Phi) is 5.83. The van der Waals surface area contributed by atoms with Gasteiger partial charge in [0.05, 0.1) is 11.4 Å². The molecule has 148 valence electrons. The first-order valence-corrected chi connectivity index (χ1v) is 9.63. The Bertz CT molecular complexity index is 1010. The number of para-hydroxylation sites is 2. The third-order valence-electron chi connectivity index (χ3n) is 4.75. The maximum absolute atomic E-state index is 12.7. The molecular weight excluding hydrogens is 360 g/mol. The summed E-state index contributed by atoms with van der Waals surface area (Å²) in [6.45, 7) is 8.37. The van der Waals surface area contributed by atoms with Gasteiger partial charge in [-0.15, -0.1) is 0 Å². The second-order valence-electron chi connectivity index (χ2n) is 8.15. The van der Waals surface area contributed by atoms with Crippen molar-refractivity contribution in [3.63, 3.8) is 0 Å². The Labute approximate surface area is 172 Å². The van der Waals surface area contributed by atoms with Crippen molar-refractivity contribution in [2.24, 2.45) is 0 Å². The number of hydrogen-bond donors (Lipinski definition) is 2. The van der Waals surface area contributed by atoms with Gasteiger partial charge in [-0.1, -0.05) is 62.7 Å². The molecule has 3 rings (SSSR count). The van der Waals surface area contributed by atoms with E-state index < -0.39 is 0 Å². The summed E-state index contributed by atoms with van der Waals surface area (Å²) in [6, 6.07) is 22.1. The van der Waals surface area contributed by atoms with E-state index in [-0.39, 0.29) is 17.2 Å². The van der Waals surface area contributed by atoms with E-state index in [1.54, 1.807) is 24.3 Å². The van der Waals surface area contributed by atoms with E-state index in [9.17, 15) is 9.59 Å². The highest BCUT2D eigenvalue weighted by atomic mass is 16.2. The highest BCUT2D eigenvalue weighted by Crippen LogP contribution is 2.24. The van der Waals surface area contributed by atoms with E-state index in [1.165, 1.54) is 5.56 Å². The average Bonchev–Trinajstić information content (AvgIpc) is 2.69. The molecule has 0 saturated heterocycles. The fraction of sp³-hybridized carbons (Fsp3) is 0.200. The summed E-state index contributed by atoms with van der Waals surface area (Å²) >= 11 is 0. The zero-order valence-corrected chi connectivity index (χ0v) is 17.2. The van der Waals surface area contributed by atoms with Gasteiger partial charge in [0, 0.05) is 11.1 Å². The summed E-state index contributed by atoms with van der Waals surface area (Å²) in [7, 11) is 0. The van der Waals surface area contributed by atoms with Crippen molar-refractivity contribution in [2.45, 2.75) is 33.1 Å². The molecule has 3 aromatic rings. The predicted octanol–water partition coefficient (Wildman–Crippen LogP) is 5.80. The van der Waals surface area contributed by atoms with Gasteiger partial charge < -0.3 is 10.6 Å². The zero-order valence-electron chi connectivity index (χ0n) is 17.2. The molecule has 0 atom stereocenters. The highest BCUT2D eigenvalue weighted by molar-refractivity contribution is 6.10. The van der Waals surface area contributed by atoms with Gasteiger partial charge in [-0.05, 0) is 54.3 Å². The standard InChI is InChI=1S/C25H26N2O2/c1-17-9-11-18(12-10-17)23(28)26-21-7-5-6-8-22(21)27-24(29)19-13-15-20(16-14-19)25(2,3)4/h5-16H,1-4H3,(H,26,28)(H,27,29). The normalized spacial score (nSPS) is 11.0. The van der Waals surface area contributed by atoms with Crippen LogP contribution in [-0.2, 0) is 5.41 Å². The van der Waals surface area contributed by atoms with Crippen molar-refractivity contribution in [3.05, 3.63) is 95.1 Å². The lowest BCUT2D eigenvalue weighted by molar-refractivity contribution is 0.101. The van der Waals surface area contributed by atoms with E-state index in [2.05, 4.69) is 31.4 Å². The zero-order chi connectivity index (χ0) is 21.0. The number of aryl methyl sites for hydroxylation is 1. The topological polar surface area (TPSA) is 58.2 Å². The molecule has 0 radical (unpaired) electrons. The summed E-state index contributed by atoms with van der Waals surface area (Å²) in [5.41, 5.74) is 4.52. The van der Waals surface area contributed by atoms with Crippen LogP contribution in [0.15, 0.2) is 72.8 Å². The van der Waals surface area contributed by atoms with Crippen LogP contribution in [0.2, 0.25) is 0 Å². The van der Waals surface area contributed by atoms with Crippen molar-refractivity contribution >= 4 is 23.2 Å². The number of amides is 2. The van der Waals surface area contributed by atoms with Gasteiger partial charge in [-0.3, -0.25) is 9.59 Å². The van der Waals surface area contributed by atoms with Gasteiger partial charge in [0.2, 0.25) is 0 Å². The van der Waals surface area contributed by atoms with Crippen LogP contribution < -0.4 is 10.6 Å². The van der Waals surface area contributed by atoms with Crippen LogP contribution in [-0.4, -0.2) is 11.8 Å². The van der Waals surface area contributed by atoms with Crippen LogP contribution in [0.25, 0.3) is 0 Å². The molecule has 0 bridgehead atoms. The Morgan fingerprint density at radius 1 is 0.655 bits per heavy atom. The van der Waals surface area contributed by atoms with Crippen LogP contribution in [0.1, 0.15) is 52.6 Å². The monoisotopic (exact) mass is 386 g/mol. The third-order valence-corrected chi connectivity index (χ3v) is 4.75. The fourth-order valence-electron chi connectivity index (χ4n) is 2.92. The van der Waals surface area contributed by atoms with E-state index in [1.807, 2.05) is 55.5 Å². The highest BCUT2D eigenvalue weighted by Gasteiger charge is 2.15. The van der Waals surface area contributed by atoms with Gasteiger partial charge in [0.15, 0.2) is 0 Å². The molecule has 0 unspecified atom stereocenters. The van der Waals surface area contributed by atoms with Crippen LogP contribution in [0.5, 0.6) is 0 Å². The van der Waals surface area contributed by atoms with Crippen molar-refractivity contribution in [1.82, 2.24) is 0 Å². The maximum atomic E-state index is 12.7. The van der Waals surface area contributed by atoms with Crippen molar-refractivity contribution in [3.8, 4) is 0 Å². The number of benzene rings is 3. The molecule has 4 heteroatoms. The van der Waals surface area contributed by atoms with Crippen molar-refractivity contribution < 1.29 is 9.59 Å². The van der Waals surface area contributed by atoms with E-state index in [0.29, 0.717) is 22.5 Å². The quantitative estimate of drug-likeness (QED) is 0.595. The predicted molar refractivity (Wildman–Crippen MR) is 119 cm³/mol. The second kappa shape index (κ2) is 8.31. The third kappa shape index (κ3) is 5.11. The molecule has 3 aromatic carbocycles. The lowest BCUT2D eigenvalue weighted by Gasteiger charge is -2.19. The minimum Gasteiger partial charge on any atom is -0.320 e. The molecular formula is C25H26N2O2. The van der Waals surface area contributed by atoms with E-state index in [0.717, 1.165) is 5.56 Å². The molecule has 0 spiro atoms. The summed E-state index contributed by atoms with van der Waals surface area (Å²) in [6.07, 6.45) is 0. The van der Waals surface area contributed by atoms with Gasteiger partial charge in [-0.2, -0.15) is 0 Å². The summed E-state index contributed by atoms with van der Waals surface area (Å²) in [5.74, 6) is -0.441. The molecule has 2 amide bonds. The SMILES string of the molecule is Cc1ccc(C(=O)Nc2ccccc2NC(=O)c2ccc(C(C)(C)C)cc2)cc1. The molecule has 0 saturated carbocycles. The minimum absolute atomic E-state index is 0.0296. The number of hydrogen-bond acceptors (Lipinski definition) is 2. The molecule has 29 heavy (non-hydrogen) atoms. The Balaban J connectivity index is 1.75. The lowest BCUT2D eigenvalue weighted by Crippen LogP contribution is -2.17. The van der Waals surface area contributed by atoms with Crippen molar-refractivity contribution in [2.75, 3.05) is 10.6 Å². The Morgan fingerprint density at radius 3 is 1.48 bits per heavy atom. The molecule has 0 aliphatic heterocycles. The summed E-state index contributed by atoms with van der Waals surface area (Å²) < 4.78 is 0. The van der Waals surface area contributed by atoms with Crippen LogP contribution in [0.3, 0.4) is 0 Å². The van der Waals surface area contributed by atoms with Crippen LogP contribution >= 0.6 is 0 Å². The molecule has 0 aromatic heterocycles. The maximum Gasteiger partial charge on any atom is 0.255 e. The Hall–Kier alpha value is -3.40. The number of anilines is 2. The fourth-order valence-corrected chi connectivity index (χ4v) is 2.92. The molecule has 0 aliphatic carbocycles. The Morgan fingerprint density at radius 2 is 1.07 bits per heavy atom. The van der Waals surface area contributed by atoms with Gasteiger partial charge in [0.1, 0.15) is 0 Å². The first-order valence-electron chi connectivity index (χ1n) is 9.63.